The Bertz CT molecular complexity index is 1550. The van der Waals surface area contributed by atoms with Crippen molar-refractivity contribution in [3.05, 3.63) is 71.5 Å². The lowest BCUT2D eigenvalue weighted by Crippen LogP contribution is -2.57. The Hall–Kier alpha value is -2.88. The second-order valence-electron chi connectivity index (χ2n) is 15.1. The van der Waals surface area contributed by atoms with Crippen molar-refractivity contribution in [3.8, 4) is 0 Å². The average Bonchev–Trinajstić information content (AvgIpc) is 3.01. The molecular formula is C36H56FN3O8SSi. The van der Waals surface area contributed by atoms with Crippen molar-refractivity contribution in [2.45, 2.75) is 96.4 Å². The third-order valence-electron chi connectivity index (χ3n) is 8.96. The molecule has 280 valence electrons. The maximum atomic E-state index is 15.8. The standard InChI is InChI=1S/C36H56FN3O8SSi/c1-34(2,3)48-33(41)40(27-45-23-22-44-8)32-38-36(26-49(42,43)39(32)7,30-18-14-15-19-31(30)37)21-20-29(25-47-50(9,10)35(4,5)6)46-24-28-16-12-11-13-17-28/h11-19,29H,20-27H2,1-10H3. The van der Waals surface area contributed by atoms with Gasteiger partial charge in [-0.05, 0) is 63.4 Å². The van der Waals surface area contributed by atoms with Crippen LogP contribution in [0, 0.1) is 5.82 Å². The van der Waals surface area contributed by atoms with Gasteiger partial charge in [0.15, 0.2) is 8.32 Å². The van der Waals surface area contributed by atoms with Crippen molar-refractivity contribution in [1.29, 1.82) is 0 Å². The van der Waals surface area contributed by atoms with Crippen LogP contribution < -0.4 is 0 Å². The van der Waals surface area contributed by atoms with E-state index in [1.165, 1.54) is 32.4 Å². The predicted molar refractivity (Wildman–Crippen MR) is 195 cm³/mol. The predicted octanol–water partition coefficient (Wildman–Crippen LogP) is 6.90. The Morgan fingerprint density at radius 3 is 2.28 bits per heavy atom. The zero-order valence-electron chi connectivity index (χ0n) is 31.3. The van der Waals surface area contributed by atoms with Gasteiger partial charge in [0.05, 0.1) is 38.3 Å². The lowest BCUT2D eigenvalue weighted by Gasteiger charge is -2.42. The number of aliphatic imine (C=N–C) groups is 1. The molecule has 0 aromatic heterocycles. The lowest BCUT2D eigenvalue weighted by atomic mass is 9.86. The second-order valence-corrected chi connectivity index (χ2v) is 21.9. The van der Waals surface area contributed by atoms with Crippen molar-refractivity contribution in [3.63, 3.8) is 0 Å². The van der Waals surface area contributed by atoms with Crippen molar-refractivity contribution in [1.82, 2.24) is 9.21 Å². The van der Waals surface area contributed by atoms with Crippen LogP contribution in [0.3, 0.4) is 0 Å². The first-order valence-electron chi connectivity index (χ1n) is 16.9. The van der Waals surface area contributed by atoms with Gasteiger partial charge in [-0.25, -0.2) is 31.8 Å². The topological polar surface area (TPSA) is 116 Å². The molecule has 2 atom stereocenters. The van der Waals surface area contributed by atoms with Gasteiger partial charge in [-0.3, -0.25) is 0 Å². The molecule has 14 heteroatoms. The van der Waals surface area contributed by atoms with Gasteiger partial charge in [-0.15, -0.1) is 0 Å². The van der Waals surface area contributed by atoms with E-state index in [-0.39, 0.29) is 56.0 Å². The van der Waals surface area contributed by atoms with Crippen molar-refractivity contribution < 1.29 is 41.0 Å². The van der Waals surface area contributed by atoms with E-state index in [2.05, 4.69) is 33.9 Å². The molecular weight excluding hydrogens is 682 g/mol. The van der Waals surface area contributed by atoms with Gasteiger partial charge in [0, 0.05) is 19.7 Å². The summed E-state index contributed by atoms with van der Waals surface area (Å²) in [6.07, 6.45) is -1.000. The van der Waals surface area contributed by atoms with E-state index in [0.29, 0.717) is 6.61 Å². The smallest absolute Gasteiger partial charge is 0.419 e. The number of methoxy groups -OCH3 is 1. The first-order chi connectivity index (χ1) is 23.2. The fourth-order valence-electron chi connectivity index (χ4n) is 5.01. The van der Waals surface area contributed by atoms with E-state index < -0.39 is 53.2 Å². The van der Waals surface area contributed by atoms with Gasteiger partial charge in [-0.1, -0.05) is 69.3 Å². The van der Waals surface area contributed by atoms with Gasteiger partial charge < -0.3 is 23.4 Å². The summed E-state index contributed by atoms with van der Waals surface area (Å²) in [7, 11) is -3.53. The van der Waals surface area contributed by atoms with Crippen LogP contribution in [0.25, 0.3) is 0 Å². The molecule has 50 heavy (non-hydrogen) atoms. The molecule has 0 radical (unpaired) electrons. The van der Waals surface area contributed by atoms with Crippen LogP contribution in [0.5, 0.6) is 0 Å². The summed E-state index contributed by atoms with van der Waals surface area (Å²) in [5.74, 6) is -1.40. The molecule has 0 fully saturated rings. The minimum Gasteiger partial charge on any atom is -0.443 e. The Balaban J connectivity index is 2.12. The maximum absolute atomic E-state index is 15.8. The zero-order chi connectivity index (χ0) is 37.4. The number of sulfonamides is 1. The van der Waals surface area contributed by atoms with Crippen LogP contribution in [0.2, 0.25) is 18.1 Å². The number of guanidine groups is 1. The molecule has 0 N–H and O–H groups in total. The van der Waals surface area contributed by atoms with E-state index >= 15 is 4.39 Å². The van der Waals surface area contributed by atoms with E-state index in [4.69, 9.17) is 28.4 Å². The summed E-state index contributed by atoms with van der Waals surface area (Å²) in [5.41, 5.74) is -1.49. The molecule has 1 amide bonds. The van der Waals surface area contributed by atoms with E-state index in [0.717, 1.165) is 14.8 Å². The first-order valence-corrected chi connectivity index (χ1v) is 21.4. The largest absolute Gasteiger partial charge is 0.443 e. The lowest BCUT2D eigenvalue weighted by molar-refractivity contribution is -0.00577. The van der Waals surface area contributed by atoms with Crippen LogP contribution in [-0.4, -0.2) is 96.2 Å². The van der Waals surface area contributed by atoms with Gasteiger partial charge >= 0.3 is 6.09 Å². The van der Waals surface area contributed by atoms with Crippen LogP contribution in [-0.2, 0) is 45.5 Å². The summed E-state index contributed by atoms with van der Waals surface area (Å²) in [6.45, 7) is 16.4. The number of halogens is 1. The second kappa shape index (κ2) is 17.1. The fraction of sp³-hybridized carbons (Fsp3) is 0.611. The Morgan fingerprint density at radius 2 is 1.68 bits per heavy atom. The summed E-state index contributed by atoms with van der Waals surface area (Å²) in [6, 6.07) is 15.7. The molecule has 1 heterocycles. The highest BCUT2D eigenvalue weighted by atomic mass is 32.2. The molecule has 0 bridgehead atoms. The Morgan fingerprint density at radius 1 is 1.04 bits per heavy atom. The highest BCUT2D eigenvalue weighted by molar-refractivity contribution is 7.89. The van der Waals surface area contributed by atoms with Crippen molar-refractivity contribution >= 4 is 30.4 Å². The molecule has 2 aromatic rings. The molecule has 0 aliphatic carbocycles. The van der Waals surface area contributed by atoms with Crippen molar-refractivity contribution in [2.75, 3.05) is 46.5 Å². The number of nitrogens with zero attached hydrogens (tertiary/aromatic N) is 3. The van der Waals surface area contributed by atoms with Crippen LogP contribution in [0.4, 0.5) is 9.18 Å². The molecule has 2 unspecified atom stereocenters. The molecule has 11 nitrogen and oxygen atoms in total. The number of ether oxygens (including phenoxy) is 4. The van der Waals surface area contributed by atoms with E-state index in [9.17, 15) is 13.2 Å². The molecule has 0 spiro atoms. The van der Waals surface area contributed by atoms with Gasteiger partial charge in [0.2, 0.25) is 16.0 Å². The molecule has 0 saturated carbocycles. The minimum absolute atomic E-state index is 0.0525. The van der Waals surface area contributed by atoms with Gasteiger partial charge in [0.1, 0.15) is 23.7 Å². The number of carbonyl (C=O) groups excluding carboxylic acids is 1. The molecule has 1 aliphatic rings. The number of amides is 1. The maximum Gasteiger partial charge on any atom is 0.419 e. The Labute approximate surface area is 299 Å². The highest BCUT2D eigenvalue weighted by Crippen LogP contribution is 2.41. The Kier molecular flexibility index (Phi) is 14.2. The SMILES string of the molecule is COCCOCN(C(=O)OC(C)(C)C)C1=NC(CCC(CO[Si](C)(C)C(C)(C)C)OCc2ccccc2)(c2ccccc2F)CS(=O)(=O)N1C. The summed E-state index contributed by atoms with van der Waals surface area (Å²) in [4.78, 5) is 19.6. The number of carbonyl (C=O) groups is 1. The number of rotatable bonds is 15. The van der Waals surface area contributed by atoms with Gasteiger partial charge in [-0.2, -0.15) is 0 Å². The molecule has 2 aromatic carbocycles. The first kappa shape index (κ1) is 41.5. The van der Waals surface area contributed by atoms with E-state index in [1.54, 1.807) is 26.8 Å². The van der Waals surface area contributed by atoms with E-state index in [1.807, 2.05) is 30.3 Å². The highest BCUT2D eigenvalue weighted by Gasteiger charge is 2.48. The summed E-state index contributed by atoms with van der Waals surface area (Å²) >= 11 is 0. The third kappa shape index (κ3) is 11.3. The number of hydrogen-bond acceptors (Lipinski definition) is 9. The monoisotopic (exact) mass is 737 g/mol. The third-order valence-corrected chi connectivity index (χ3v) is 15.3. The normalized spacial score (nSPS) is 18.8. The van der Waals surface area contributed by atoms with Crippen LogP contribution in [0.1, 0.15) is 65.5 Å². The molecule has 3 rings (SSSR count). The molecule has 1 aliphatic heterocycles. The fourth-order valence-corrected chi connectivity index (χ4v) is 7.60. The number of benzene rings is 2. The summed E-state index contributed by atoms with van der Waals surface area (Å²) in [5, 5.41) is -0.0525. The quantitative estimate of drug-likeness (QED) is 0.110. The van der Waals surface area contributed by atoms with Crippen molar-refractivity contribution in [2.24, 2.45) is 4.99 Å². The van der Waals surface area contributed by atoms with Gasteiger partial charge in [0.25, 0.3) is 0 Å². The van der Waals surface area contributed by atoms with Crippen LogP contribution in [0.15, 0.2) is 59.6 Å². The van der Waals surface area contributed by atoms with Crippen LogP contribution >= 0.6 is 0 Å². The minimum atomic E-state index is -4.16. The summed E-state index contributed by atoms with van der Waals surface area (Å²) < 4.78 is 74.3. The average molecular weight is 738 g/mol. The number of hydrogen-bond donors (Lipinski definition) is 0. The molecule has 0 saturated heterocycles. The zero-order valence-corrected chi connectivity index (χ0v) is 33.1.